The Bertz CT molecular complexity index is 968. The maximum Gasteiger partial charge on any atom is 0.307 e. The molecule has 4 nitrogen and oxygen atoms in total. The number of carbonyl (C=O) groups is 1. The van der Waals surface area contributed by atoms with Gasteiger partial charge in [0.1, 0.15) is 11.4 Å². The molecule has 0 aliphatic carbocycles. The van der Waals surface area contributed by atoms with Gasteiger partial charge in [-0.2, -0.15) is 0 Å². The molecule has 5 heteroatoms. The molecule has 2 aliphatic heterocycles. The van der Waals surface area contributed by atoms with Crippen molar-refractivity contribution >= 4 is 17.6 Å². The van der Waals surface area contributed by atoms with Crippen molar-refractivity contribution in [1.82, 2.24) is 0 Å². The van der Waals surface area contributed by atoms with Crippen LogP contribution in [0.4, 0.5) is 0 Å². The van der Waals surface area contributed by atoms with Crippen molar-refractivity contribution in [3.05, 3.63) is 64.2 Å². The molecule has 2 unspecified atom stereocenters. The molecule has 2 heterocycles. The van der Waals surface area contributed by atoms with Crippen LogP contribution in [-0.4, -0.2) is 22.8 Å². The fourth-order valence-corrected chi connectivity index (χ4v) is 5.39. The van der Waals surface area contributed by atoms with Crippen molar-refractivity contribution in [2.24, 2.45) is 11.8 Å². The number of hydrogen-bond acceptors (Lipinski definition) is 3. The molecule has 0 bridgehead atoms. The molecule has 0 spiro atoms. The highest BCUT2D eigenvalue weighted by molar-refractivity contribution is 6.30. The molecular formula is C26H31ClO4. The molecule has 31 heavy (non-hydrogen) atoms. The summed E-state index contributed by atoms with van der Waals surface area (Å²) in [5, 5.41) is 9.98. The quantitative estimate of drug-likeness (QED) is 0.580. The third kappa shape index (κ3) is 4.61. The molecule has 0 saturated carbocycles. The monoisotopic (exact) mass is 442 g/mol. The predicted octanol–water partition coefficient (Wildman–Crippen LogP) is 6.41. The van der Waals surface area contributed by atoms with Gasteiger partial charge in [-0.3, -0.25) is 4.79 Å². The van der Waals surface area contributed by atoms with Crippen molar-refractivity contribution in [3.8, 4) is 5.75 Å². The van der Waals surface area contributed by atoms with Crippen LogP contribution in [0.3, 0.4) is 0 Å². The van der Waals surface area contributed by atoms with Crippen LogP contribution < -0.4 is 4.74 Å². The van der Waals surface area contributed by atoms with Crippen LogP contribution in [0.2, 0.25) is 5.02 Å². The van der Waals surface area contributed by atoms with Crippen molar-refractivity contribution < 1.29 is 19.4 Å². The number of benzene rings is 2. The summed E-state index contributed by atoms with van der Waals surface area (Å²) in [6.07, 6.45) is 1.81. The highest BCUT2D eigenvalue weighted by Crippen LogP contribution is 2.54. The summed E-state index contributed by atoms with van der Waals surface area (Å²) in [7, 11) is 0. The first-order valence-corrected chi connectivity index (χ1v) is 11.5. The van der Waals surface area contributed by atoms with E-state index in [1.165, 1.54) is 5.56 Å². The highest BCUT2D eigenvalue weighted by atomic mass is 35.5. The van der Waals surface area contributed by atoms with Gasteiger partial charge in [-0.25, -0.2) is 0 Å². The van der Waals surface area contributed by atoms with Gasteiger partial charge < -0.3 is 14.6 Å². The summed E-state index contributed by atoms with van der Waals surface area (Å²) in [6.45, 7) is 8.69. The number of ether oxygens (including phenoxy) is 2. The van der Waals surface area contributed by atoms with E-state index in [4.69, 9.17) is 21.1 Å². The van der Waals surface area contributed by atoms with Crippen molar-refractivity contribution in [3.63, 3.8) is 0 Å². The smallest absolute Gasteiger partial charge is 0.307 e. The van der Waals surface area contributed by atoms with Gasteiger partial charge in [0.2, 0.25) is 0 Å². The summed E-state index contributed by atoms with van der Waals surface area (Å²) in [5.74, 6) is 0.831. The number of fused-ring (bicyclic) bond motifs is 3. The van der Waals surface area contributed by atoms with E-state index in [2.05, 4.69) is 39.8 Å². The van der Waals surface area contributed by atoms with E-state index in [9.17, 15) is 9.90 Å². The number of aliphatic carboxylic acids is 1. The Hall–Kier alpha value is -2.04. The Morgan fingerprint density at radius 2 is 2.00 bits per heavy atom. The first kappa shape index (κ1) is 22.2. The zero-order valence-electron chi connectivity index (χ0n) is 18.6. The summed E-state index contributed by atoms with van der Waals surface area (Å²) < 4.78 is 13.3. The SMILES string of the molecule is CC(C)CC1O[C@@H]2c3cc(CC(=O)O)ccc3OC(C)(C)[C@H]2CC1c1cccc(Cl)c1. The van der Waals surface area contributed by atoms with Crippen molar-refractivity contribution in [2.45, 2.75) is 70.7 Å². The van der Waals surface area contributed by atoms with E-state index in [-0.39, 0.29) is 30.5 Å². The second-order valence-corrected chi connectivity index (χ2v) is 10.3. The van der Waals surface area contributed by atoms with Crippen molar-refractivity contribution in [2.75, 3.05) is 0 Å². The van der Waals surface area contributed by atoms with Crippen molar-refractivity contribution in [1.29, 1.82) is 0 Å². The second-order valence-electron chi connectivity index (χ2n) is 9.88. The molecule has 166 valence electrons. The van der Waals surface area contributed by atoms with Gasteiger partial charge in [-0.1, -0.05) is 43.6 Å². The molecule has 1 saturated heterocycles. The van der Waals surface area contributed by atoms with Gasteiger partial charge in [0, 0.05) is 22.4 Å². The molecule has 4 atom stereocenters. The Labute approximate surface area is 189 Å². The lowest BCUT2D eigenvalue weighted by molar-refractivity contribution is -0.162. The van der Waals surface area contributed by atoms with Crippen LogP contribution in [0.5, 0.6) is 5.75 Å². The summed E-state index contributed by atoms with van der Waals surface area (Å²) in [6, 6.07) is 13.8. The number of carboxylic acids is 1. The predicted molar refractivity (Wildman–Crippen MR) is 122 cm³/mol. The first-order valence-electron chi connectivity index (χ1n) is 11.1. The van der Waals surface area contributed by atoms with Crippen LogP contribution in [0, 0.1) is 11.8 Å². The molecule has 2 aliphatic rings. The van der Waals surface area contributed by atoms with Crippen LogP contribution in [0.25, 0.3) is 0 Å². The maximum atomic E-state index is 11.3. The fraction of sp³-hybridized carbons (Fsp3) is 0.500. The lowest BCUT2D eigenvalue weighted by Gasteiger charge is -2.51. The molecule has 2 aromatic rings. The van der Waals surface area contributed by atoms with Gasteiger partial charge in [-0.05, 0) is 68.0 Å². The molecule has 0 aromatic heterocycles. The minimum atomic E-state index is -0.836. The molecule has 0 amide bonds. The molecule has 0 radical (unpaired) electrons. The number of hydrogen-bond donors (Lipinski definition) is 1. The average Bonchev–Trinajstić information content (AvgIpc) is 2.67. The zero-order chi connectivity index (χ0) is 22.3. The van der Waals surface area contributed by atoms with E-state index < -0.39 is 11.6 Å². The Morgan fingerprint density at radius 1 is 1.23 bits per heavy atom. The van der Waals surface area contributed by atoms with Gasteiger partial charge >= 0.3 is 5.97 Å². The number of carboxylic acid groups (broad SMARTS) is 1. The van der Waals surface area contributed by atoms with Crippen LogP contribution >= 0.6 is 11.6 Å². The standard InChI is InChI=1S/C26H31ClO4/c1-15(2)10-23-19(17-6-5-7-18(27)13-17)14-21-25(30-23)20-11-16(12-24(28)29)8-9-22(20)31-26(21,3)4/h5-9,11,13,15,19,21,23,25H,10,12,14H2,1-4H3,(H,28,29)/t19?,21-,23?,25+/m0/s1. The maximum absolute atomic E-state index is 11.3. The fourth-order valence-electron chi connectivity index (χ4n) is 5.19. The largest absolute Gasteiger partial charge is 0.487 e. The molecule has 2 aromatic carbocycles. The van der Waals surface area contributed by atoms with E-state index in [1.807, 2.05) is 30.3 Å². The van der Waals surface area contributed by atoms with Crippen LogP contribution in [0.1, 0.15) is 69.2 Å². The topological polar surface area (TPSA) is 55.8 Å². The Balaban J connectivity index is 1.74. The van der Waals surface area contributed by atoms with Gasteiger partial charge in [0.15, 0.2) is 0 Å². The summed E-state index contributed by atoms with van der Waals surface area (Å²) >= 11 is 6.32. The lowest BCUT2D eigenvalue weighted by Crippen LogP contribution is -2.50. The van der Waals surface area contributed by atoms with Gasteiger partial charge in [0.05, 0.1) is 18.6 Å². The molecule has 4 rings (SSSR count). The number of rotatable bonds is 5. The summed E-state index contributed by atoms with van der Waals surface area (Å²) in [4.78, 5) is 11.3. The minimum absolute atomic E-state index is 0.00534. The average molecular weight is 443 g/mol. The third-order valence-electron chi connectivity index (χ3n) is 6.63. The second kappa shape index (κ2) is 8.48. The minimum Gasteiger partial charge on any atom is -0.487 e. The zero-order valence-corrected chi connectivity index (χ0v) is 19.4. The van der Waals surface area contributed by atoms with E-state index in [1.54, 1.807) is 0 Å². The molecular weight excluding hydrogens is 412 g/mol. The Morgan fingerprint density at radius 3 is 2.68 bits per heavy atom. The number of halogens is 1. The van der Waals surface area contributed by atoms with Gasteiger partial charge in [-0.15, -0.1) is 0 Å². The van der Waals surface area contributed by atoms with Crippen LogP contribution in [0.15, 0.2) is 42.5 Å². The molecule has 1 fully saturated rings. The van der Waals surface area contributed by atoms with E-state index in [0.29, 0.717) is 5.92 Å². The van der Waals surface area contributed by atoms with E-state index in [0.717, 1.165) is 34.7 Å². The highest BCUT2D eigenvalue weighted by Gasteiger charge is 2.50. The lowest BCUT2D eigenvalue weighted by atomic mass is 9.69. The summed E-state index contributed by atoms with van der Waals surface area (Å²) in [5.41, 5.74) is 2.56. The normalized spacial score (nSPS) is 26.6. The Kier molecular flexibility index (Phi) is 6.06. The third-order valence-corrected chi connectivity index (χ3v) is 6.86. The molecule has 1 N–H and O–H groups in total. The van der Waals surface area contributed by atoms with Gasteiger partial charge in [0.25, 0.3) is 0 Å². The van der Waals surface area contributed by atoms with E-state index >= 15 is 0 Å². The van der Waals surface area contributed by atoms with Crippen LogP contribution in [-0.2, 0) is 16.0 Å². The first-order chi connectivity index (χ1) is 14.6.